The third-order valence-electron chi connectivity index (χ3n) is 11.0. The van der Waals surface area contributed by atoms with Gasteiger partial charge in [0, 0.05) is 33.6 Å². The van der Waals surface area contributed by atoms with E-state index in [1.807, 2.05) is 6.07 Å². The Bertz CT molecular complexity index is 2970. The Morgan fingerprint density at radius 1 is 0.404 bits per heavy atom. The number of rotatable bonds is 4. The summed E-state index contributed by atoms with van der Waals surface area (Å²) in [5.74, 6) is 1.27. The van der Waals surface area contributed by atoms with E-state index < -0.39 is 0 Å². The summed E-state index contributed by atoms with van der Waals surface area (Å²) in [5.41, 5.74) is 13.5. The van der Waals surface area contributed by atoms with Gasteiger partial charge in [-0.3, -0.25) is 0 Å². The quantitative estimate of drug-likeness (QED) is 0.187. The first kappa shape index (κ1) is 29.1. The highest BCUT2D eigenvalue weighted by molar-refractivity contribution is 6.13. The molecule has 0 N–H and O–H groups in total. The first-order valence-electron chi connectivity index (χ1n) is 18.0. The molecule has 2 unspecified atom stereocenters. The maximum Gasteiger partial charge on any atom is 0.136 e. The number of para-hydroxylation sites is 1. The van der Waals surface area contributed by atoms with Crippen LogP contribution in [0.2, 0.25) is 0 Å². The van der Waals surface area contributed by atoms with Crippen molar-refractivity contribution in [2.24, 2.45) is 5.92 Å². The molecule has 11 rings (SSSR count). The average molecular weight is 665 g/mol. The molecule has 0 aliphatic heterocycles. The van der Waals surface area contributed by atoms with Crippen molar-refractivity contribution < 1.29 is 8.83 Å². The molecule has 0 fully saturated rings. The molecular weight excluding hydrogens is 633 g/mol. The Morgan fingerprint density at radius 3 is 2.06 bits per heavy atom. The number of allylic oxidation sites excluding steroid dienone is 5. The first-order chi connectivity index (χ1) is 25.7. The van der Waals surface area contributed by atoms with E-state index in [1.54, 1.807) is 0 Å². The predicted molar refractivity (Wildman–Crippen MR) is 216 cm³/mol. The summed E-state index contributed by atoms with van der Waals surface area (Å²) >= 11 is 0. The van der Waals surface area contributed by atoms with Crippen molar-refractivity contribution in [3.63, 3.8) is 0 Å². The summed E-state index contributed by atoms with van der Waals surface area (Å²) in [5, 5.41) is 5.90. The van der Waals surface area contributed by atoms with E-state index in [4.69, 9.17) is 8.83 Å². The highest BCUT2D eigenvalue weighted by atomic mass is 16.3. The number of furan rings is 2. The molecule has 2 nitrogen and oxygen atoms in total. The topological polar surface area (TPSA) is 26.3 Å². The van der Waals surface area contributed by atoms with Gasteiger partial charge in [0.25, 0.3) is 0 Å². The van der Waals surface area contributed by atoms with Gasteiger partial charge in [-0.15, -0.1) is 0 Å². The van der Waals surface area contributed by atoms with Crippen LogP contribution in [0.1, 0.15) is 22.8 Å². The summed E-state index contributed by atoms with van der Waals surface area (Å²) in [4.78, 5) is 0. The summed E-state index contributed by atoms with van der Waals surface area (Å²) in [6, 6.07) is 54.5. The molecule has 2 atom stereocenters. The van der Waals surface area contributed by atoms with Crippen molar-refractivity contribution in [1.82, 2.24) is 0 Å². The molecule has 0 radical (unpaired) electrons. The van der Waals surface area contributed by atoms with Crippen molar-refractivity contribution in [1.29, 1.82) is 0 Å². The molecule has 52 heavy (non-hydrogen) atoms. The van der Waals surface area contributed by atoms with E-state index in [1.165, 1.54) is 55.3 Å². The van der Waals surface area contributed by atoms with Crippen LogP contribution < -0.4 is 0 Å². The Kier molecular flexibility index (Phi) is 6.41. The fraction of sp³-hybridized carbons (Fsp3) is 0.0400. The zero-order valence-corrected chi connectivity index (χ0v) is 28.3. The van der Waals surface area contributed by atoms with E-state index in [0.29, 0.717) is 0 Å². The molecule has 9 aromatic rings. The Hall–Kier alpha value is -6.64. The zero-order chi connectivity index (χ0) is 34.2. The summed E-state index contributed by atoms with van der Waals surface area (Å²) in [6.45, 7) is 0. The third kappa shape index (κ3) is 4.58. The molecule has 0 amide bonds. The second-order valence-electron chi connectivity index (χ2n) is 14.0. The maximum absolute atomic E-state index is 6.77. The van der Waals surface area contributed by atoms with Crippen LogP contribution in [-0.2, 0) is 0 Å². The van der Waals surface area contributed by atoms with Crippen molar-refractivity contribution in [2.45, 2.75) is 5.92 Å². The van der Waals surface area contributed by atoms with Gasteiger partial charge in [0.2, 0.25) is 0 Å². The minimum atomic E-state index is 0.0987. The lowest BCUT2D eigenvalue weighted by molar-refractivity contribution is 0.496. The summed E-state index contributed by atoms with van der Waals surface area (Å²) in [7, 11) is 0. The third-order valence-corrected chi connectivity index (χ3v) is 11.0. The van der Waals surface area contributed by atoms with Gasteiger partial charge in [-0.25, -0.2) is 0 Å². The smallest absolute Gasteiger partial charge is 0.136 e. The van der Waals surface area contributed by atoms with Crippen molar-refractivity contribution >= 4 is 55.3 Å². The second kappa shape index (κ2) is 11.4. The van der Waals surface area contributed by atoms with Crippen LogP contribution in [0.25, 0.3) is 88.7 Å². The molecule has 2 heterocycles. The van der Waals surface area contributed by atoms with Crippen LogP contribution in [0.3, 0.4) is 0 Å². The molecule has 0 spiro atoms. The SMILES string of the molecule is C1=CC2C(c3cc(-c4ccc5ccccc5c4)cc(-c4cccc5oc6ccccc6c45)c3)=Cc3c(oc4cc(-c5ccccc5)ccc34)C2C=C1. The van der Waals surface area contributed by atoms with E-state index in [0.717, 1.165) is 44.2 Å². The van der Waals surface area contributed by atoms with E-state index in [9.17, 15) is 0 Å². The minimum Gasteiger partial charge on any atom is -0.460 e. The van der Waals surface area contributed by atoms with E-state index >= 15 is 0 Å². The number of hydrogen-bond donors (Lipinski definition) is 0. The van der Waals surface area contributed by atoms with Crippen LogP contribution in [0.4, 0.5) is 0 Å². The van der Waals surface area contributed by atoms with Gasteiger partial charge in [-0.1, -0.05) is 127 Å². The van der Waals surface area contributed by atoms with Gasteiger partial charge in [0.15, 0.2) is 0 Å². The van der Waals surface area contributed by atoms with Crippen molar-refractivity contribution in [3.05, 3.63) is 193 Å². The van der Waals surface area contributed by atoms with Crippen LogP contribution >= 0.6 is 0 Å². The minimum absolute atomic E-state index is 0.0987. The zero-order valence-electron chi connectivity index (χ0n) is 28.3. The summed E-state index contributed by atoms with van der Waals surface area (Å²) < 4.78 is 13.1. The van der Waals surface area contributed by atoms with Crippen LogP contribution in [0, 0.1) is 5.92 Å². The first-order valence-corrected chi connectivity index (χ1v) is 18.0. The normalized spacial score (nSPS) is 16.4. The number of benzene rings is 7. The van der Waals surface area contributed by atoms with Crippen molar-refractivity contribution in [2.75, 3.05) is 0 Å². The summed E-state index contributed by atoms with van der Waals surface area (Å²) in [6.07, 6.45) is 11.4. The van der Waals surface area contributed by atoms with Crippen molar-refractivity contribution in [3.8, 4) is 33.4 Å². The molecule has 244 valence electrons. The molecule has 2 aliphatic carbocycles. The standard InChI is InChI=1S/C50H32O2/c1-2-11-31(12-3-1)35-23-24-41-45-30-44(40-15-6-7-16-42(40)50(45)52-48(41)29-35)38-27-36(34-22-21-32-13-4-5-14-33(32)25-34)26-37(28-38)39-18-10-20-47-49(39)43-17-8-9-19-46(43)51-47/h1-30,40,42H. The number of hydrogen-bond acceptors (Lipinski definition) is 2. The lowest BCUT2D eigenvalue weighted by atomic mass is 9.73. The molecule has 0 bridgehead atoms. The van der Waals surface area contributed by atoms with Crippen LogP contribution in [0.5, 0.6) is 0 Å². The predicted octanol–water partition coefficient (Wildman–Crippen LogP) is 13.9. The van der Waals surface area contributed by atoms with Gasteiger partial charge in [-0.2, -0.15) is 0 Å². The molecular formula is C50H32O2. The molecule has 7 aromatic carbocycles. The van der Waals surface area contributed by atoms with Gasteiger partial charge in [0.1, 0.15) is 22.5 Å². The Morgan fingerprint density at radius 2 is 1.13 bits per heavy atom. The Labute approximate surface area is 301 Å². The van der Waals surface area contributed by atoms with Crippen LogP contribution in [0.15, 0.2) is 185 Å². The number of fused-ring (bicyclic) bond motifs is 9. The highest BCUT2D eigenvalue weighted by Crippen LogP contribution is 2.50. The lowest BCUT2D eigenvalue weighted by Crippen LogP contribution is -2.17. The van der Waals surface area contributed by atoms with Crippen LogP contribution in [-0.4, -0.2) is 0 Å². The molecule has 2 heteroatoms. The second-order valence-corrected chi connectivity index (χ2v) is 14.0. The molecule has 0 saturated heterocycles. The average Bonchev–Trinajstić information content (AvgIpc) is 3.79. The molecule has 0 saturated carbocycles. The van der Waals surface area contributed by atoms with E-state index in [2.05, 4.69) is 176 Å². The fourth-order valence-electron chi connectivity index (χ4n) is 8.52. The largest absolute Gasteiger partial charge is 0.460 e. The molecule has 2 aromatic heterocycles. The van der Waals surface area contributed by atoms with Gasteiger partial charge in [-0.05, 0) is 110 Å². The van der Waals surface area contributed by atoms with E-state index in [-0.39, 0.29) is 11.8 Å². The van der Waals surface area contributed by atoms with Gasteiger partial charge < -0.3 is 8.83 Å². The molecule has 2 aliphatic rings. The van der Waals surface area contributed by atoms with Gasteiger partial charge in [0.05, 0.1) is 0 Å². The van der Waals surface area contributed by atoms with Gasteiger partial charge >= 0.3 is 0 Å². The highest BCUT2D eigenvalue weighted by Gasteiger charge is 2.34. The lowest BCUT2D eigenvalue weighted by Gasteiger charge is -2.30. The Balaban J connectivity index is 1.15. The fourth-order valence-corrected chi connectivity index (χ4v) is 8.52. The monoisotopic (exact) mass is 664 g/mol. The maximum atomic E-state index is 6.77.